The second kappa shape index (κ2) is 5.86. The summed E-state index contributed by atoms with van der Waals surface area (Å²) in [7, 11) is 0. The number of carbonyl (C=O) groups excluding carboxylic acids is 1. The summed E-state index contributed by atoms with van der Waals surface area (Å²) in [6.45, 7) is 4.41. The average Bonchev–Trinajstić information content (AvgIpc) is 3.19. The summed E-state index contributed by atoms with van der Waals surface area (Å²) >= 11 is 0. The van der Waals surface area contributed by atoms with Gasteiger partial charge in [0.15, 0.2) is 0 Å². The zero-order valence-electron chi connectivity index (χ0n) is 11.3. The van der Waals surface area contributed by atoms with Crippen molar-refractivity contribution in [2.45, 2.75) is 45.1 Å². The molecule has 1 heterocycles. The fourth-order valence-corrected chi connectivity index (χ4v) is 1.79. The highest BCUT2D eigenvalue weighted by Crippen LogP contribution is 2.37. The van der Waals surface area contributed by atoms with Gasteiger partial charge in [-0.05, 0) is 26.2 Å². The molecule has 1 aromatic heterocycles. The number of nitrogens with one attached hydrogen (secondary N) is 3. The lowest BCUT2D eigenvalue weighted by atomic mass is 10.3. The van der Waals surface area contributed by atoms with Crippen molar-refractivity contribution in [3.63, 3.8) is 0 Å². The molecule has 1 amide bonds. The van der Waals surface area contributed by atoms with E-state index >= 15 is 0 Å². The third-order valence-corrected chi connectivity index (χ3v) is 3.03. The molecule has 1 saturated carbocycles. The lowest BCUT2D eigenvalue weighted by molar-refractivity contribution is -0.121. The molecule has 6 heteroatoms. The quantitative estimate of drug-likeness (QED) is 0.714. The van der Waals surface area contributed by atoms with Crippen molar-refractivity contribution in [1.82, 2.24) is 15.3 Å². The maximum atomic E-state index is 11.7. The molecule has 0 aliphatic heterocycles. The molecule has 104 valence electrons. The monoisotopic (exact) mass is 264 g/mol. The van der Waals surface area contributed by atoms with Gasteiger partial charge in [-0.1, -0.05) is 6.92 Å². The van der Waals surface area contributed by atoms with Crippen LogP contribution in [0, 0.1) is 0 Å². The maximum Gasteiger partial charge on any atom is 0.252 e. The SMILES string of the molecule is CCCNC(=O)C(C)Nc1cc(=O)[nH]c(C2CC2)n1. The zero-order valence-corrected chi connectivity index (χ0v) is 11.3. The van der Waals surface area contributed by atoms with Crippen molar-refractivity contribution in [3.05, 3.63) is 22.2 Å². The van der Waals surface area contributed by atoms with Crippen LogP contribution in [0.3, 0.4) is 0 Å². The van der Waals surface area contributed by atoms with E-state index in [1.54, 1.807) is 6.92 Å². The summed E-state index contributed by atoms with van der Waals surface area (Å²) in [5.74, 6) is 1.47. The fraction of sp³-hybridized carbons (Fsp3) is 0.615. The van der Waals surface area contributed by atoms with E-state index in [2.05, 4.69) is 20.6 Å². The third kappa shape index (κ3) is 3.81. The Hall–Kier alpha value is -1.85. The molecule has 0 saturated heterocycles. The van der Waals surface area contributed by atoms with E-state index in [0.29, 0.717) is 18.3 Å². The molecule has 1 fully saturated rings. The van der Waals surface area contributed by atoms with E-state index in [-0.39, 0.29) is 11.5 Å². The van der Waals surface area contributed by atoms with Gasteiger partial charge in [-0.2, -0.15) is 0 Å². The van der Waals surface area contributed by atoms with Crippen LogP contribution < -0.4 is 16.2 Å². The third-order valence-electron chi connectivity index (χ3n) is 3.03. The second-order valence-corrected chi connectivity index (χ2v) is 4.95. The first-order valence-electron chi connectivity index (χ1n) is 6.75. The molecule has 0 spiro atoms. The van der Waals surface area contributed by atoms with Crippen molar-refractivity contribution in [2.75, 3.05) is 11.9 Å². The molecular weight excluding hydrogens is 244 g/mol. The number of H-pyrrole nitrogens is 1. The molecular formula is C13H20N4O2. The van der Waals surface area contributed by atoms with E-state index in [0.717, 1.165) is 25.1 Å². The summed E-state index contributed by atoms with van der Waals surface area (Å²) in [5, 5.41) is 5.77. The molecule has 2 rings (SSSR count). The van der Waals surface area contributed by atoms with Crippen molar-refractivity contribution >= 4 is 11.7 Å². The molecule has 3 N–H and O–H groups in total. The van der Waals surface area contributed by atoms with Crippen LogP contribution >= 0.6 is 0 Å². The van der Waals surface area contributed by atoms with Gasteiger partial charge in [0.25, 0.3) is 5.56 Å². The van der Waals surface area contributed by atoms with Crippen LogP contribution in [-0.4, -0.2) is 28.5 Å². The largest absolute Gasteiger partial charge is 0.358 e. The van der Waals surface area contributed by atoms with Crippen LogP contribution in [-0.2, 0) is 4.79 Å². The normalized spacial score (nSPS) is 15.9. The van der Waals surface area contributed by atoms with Gasteiger partial charge in [-0.3, -0.25) is 9.59 Å². The fourth-order valence-electron chi connectivity index (χ4n) is 1.79. The topological polar surface area (TPSA) is 86.9 Å². The van der Waals surface area contributed by atoms with Crippen molar-refractivity contribution in [1.29, 1.82) is 0 Å². The summed E-state index contributed by atoms with van der Waals surface area (Å²) in [4.78, 5) is 30.4. The molecule has 0 aromatic carbocycles. The standard InChI is InChI=1S/C13H20N4O2/c1-3-6-14-13(19)8(2)15-10-7-11(18)17-12(16-10)9-4-5-9/h7-9H,3-6H2,1-2H3,(H,14,19)(H2,15,16,17,18). The summed E-state index contributed by atoms with van der Waals surface area (Å²) in [6, 6.07) is 0.975. The van der Waals surface area contributed by atoms with Crippen LogP contribution in [0.4, 0.5) is 5.82 Å². The summed E-state index contributed by atoms with van der Waals surface area (Å²) in [5.41, 5.74) is -0.180. The minimum atomic E-state index is -0.409. The number of hydrogen-bond acceptors (Lipinski definition) is 4. The van der Waals surface area contributed by atoms with Gasteiger partial charge >= 0.3 is 0 Å². The average molecular weight is 264 g/mol. The highest BCUT2D eigenvalue weighted by Gasteiger charge is 2.26. The molecule has 1 aliphatic carbocycles. The van der Waals surface area contributed by atoms with Gasteiger partial charge in [-0.25, -0.2) is 4.98 Å². The molecule has 6 nitrogen and oxygen atoms in total. The molecule has 0 radical (unpaired) electrons. The van der Waals surface area contributed by atoms with Crippen LogP contribution in [0.1, 0.15) is 44.9 Å². The minimum Gasteiger partial charge on any atom is -0.358 e. The summed E-state index contributed by atoms with van der Waals surface area (Å²) in [6.07, 6.45) is 3.03. The maximum absolute atomic E-state index is 11.7. The number of aromatic nitrogens is 2. The summed E-state index contributed by atoms with van der Waals surface area (Å²) < 4.78 is 0. The Morgan fingerprint density at radius 3 is 2.95 bits per heavy atom. The second-order valence-electron chi connectivity index (χ2n) is 4.95. The Bertz CT molecular complexity index is 508. The van der Waals surface area contributed by atoms with E-state index in [1.165, 1.54) is 6.07 Å². The first-order valence-corrected chi connectivity index (χ1v) is 6.75. The van der Waals surface area contributed by atoms with E-state index in [9.17, 15) is 9.59 Å². The number of nitrogens with zero attached hydrogens (tertiary/aromatic N) is 1. The van der Waals surface area contributed by atoms with Crippen molar-refractivity contribution in [2.24, 2.45) is 0 Å². The van der Waals surface area contributed by atoms with E-state index in [1.807, 2.05) is 6.92 Å². The number of hydrogen-bond donors (Lipinski definition) is 3. The molecule has 19 heavy (non-hydrogen) atoms. The first-order chi connectivity index (χ1) is 9.10. The van der Waals surface area contributed by atoms with Gasteiger partial charge < -0.3 is 15.6 Å². The Kier molecular flexibility index (Phi) is 4.19. The van der Waals surface area contributed by atoms with Crippen molar-refractivity contribution < 1.29 is 4.79 Å². The zero-order chi connectivity index (χ0) is 13.8. The lowest BCUT2D eigenvalue weighted by Gasteiger charge is -2.14. The van der Waals surface area contributed by atoms with Gasteiger partial charge in [-0.15, -0.1) is 0 Å². The number of carbonyl (C=O) groups is 1. The van der Waals surface area contributed by atoms with Crippen LogP contribution in [0.2, 0.25) is 0 Å². The van der Waals surface area contributed by atoms with Crippen molar-refractivity contribution in [3.8, 4) is 0 Å². The smallest absolute Gasteiger partial charge is 0.252 e. The highest BCUT2D eigenvalue weighted by molar-refractivity contribution is 5.83. The number of amides is 1. The number of anilines is 1. The first kappa shape index (κ1) is 13.6. The predicted octanol–water partition coefficient (Wildman–Crippen LogP) is 0.974. The van der Waals surface area contributed by atoms with E-state index < -0.39 is 6.04 Å². The predicted molar refractivity (Wildman–Crippen MR) is 73.2 cm³/mol. The molecule has 1 aromatic rings. The molecule has 1 aliphatic rings. The molecule has 1 unspecified atom stereocenters. The van der Waals surface area contributed by atoms with Gasteiger partial charge in [0.2, 0.25) is 5.91 Å². The van der Waals surface area contributed by atoms with Crippen LogP contribution in [0.25, 0.3) is 0 Å². The molecule has 1 atom stereocenters. The Morgan fingerprint density at radius 2 is 2.32 bits per heavy atom. The Labute approximate surface area is 112 Å². The van der Waals surface area contributed by atoms with Crippen LogP contribution in [0.5, 0.6) is 0 Å². The highest BCUT2D eigenvalue weighted by atomic mass is 16.2. The van der Waals surface area contributed by atoms with E-state index in [4.69, 9.17) is 0 Å². The Morgan fingerprint density at radius 1 is 1.58 bits per heavy atom. The lowest BCUT2D eigenvalue weighted by Crippen LogP contribution is -2.38. The van der Waals surface area contributed by atoms with Gasteiger partial charge in [0.1, 0.15) is 17.7 Å². The van der Waals surface area contributed by atoms with Crippen LogP contribution in [0.15, 0.2) is 10.9 Å². The number of aromatic amines is 1. The molecule has 0 bridgehead atoms. The van der Waals surface area contributed by atoms with Gasteiger partial charge in [0, 0.05) is 18.5 Å². The minimum absolute atomic E-state index is 0.0862. The van der Waals surface area contributed by atoms with Gasteiger partial charge in [0.05, 0.1) is 0 Å². The number of rotatable bonds is 6. The Balaban J connectivity index is 2.01.